The number of rotatable bonds is 5. The van der Waals surface area contributed by atoms with Crippen molar-refractivity contribution in [3.05, 3.63) is 40.7 Å². The molecule has 0 aliphatic heterocycles. The summed E-state index contributed by atoms with van der Waals surface area (Å²) in [6.07, 6.45) is 2.75. The first kappa shape index (κ1) is 13.5. The molecule has 5 nitrogen and oxygen atoms in total. The lowest BCUT2D eigenvalue weighted by atomic mass is 10.2. The van der Waals surface area contributed by atoms with E-state index >= 15 is 0 Å². The topological polar surface area (TPSA) is 66.5 Å². The van der Waals surface area contributed by atoms with Crippen molar-refractivity contribution in [2.75, 3.05) is 6.54 Å². The highest BCUT2D eigenvalue weighted by molar-refractivity contribution is 6.32. The number of nitrogens with zero attached hydrogens (tertiary/aromatic N) is 4. The summed E-state index contributed by atoms with van der Waals surface area (Å²) in [4.78, 5) is 0. The van der Waals surface area contributed by atoms with Gasteiger partial charge >= 0.3 is 0 Å². The van der Waals surface area contributed by atoms with E-state index in [9.17, 15) is 0 Å². The van der Waals surface area contributed by atoms with E-state index in [1.54, 1.807) is 29.1 Å². The molecular weight excluding hydrogens is 262 g/mol. The number of benzene rings is 1. The first-order valence-corrected chi connectivity index (χ1v) is 6.44. The van der Waals surface area contributed by atoms with Crippen LogP contribution in [0.3, 0.4) is 0 Å². The van der Waals surface area contributed by atoms with Crippen LogP contribution in [0, 0.1) is 11.3 Å². The van der Waals surface area contributed by atoms with Gasteiger partial charge in [0, 0.05) is 6.54 Å². The molecule has 1 N–H and O–H groups in total. The highest BCUT2D eigenvalue weighted by Gasteiger charge is 2.10. The van der Waals surface area contributed by atoms with Crippen LogP contribution in [0.5, 0.6) is 0 Å². The summed E-state index contributed by atoms with van der Waals surface area (Å²) in [5, 5.41) is 20.7. The molecule has 0 saturated heterocycles. The van der Waals surface area contributed by atoms with Crippen molar-refractivity contribution in [1.29, 1.82) is 5.26 Å². The second kappa shape index (κ2) is 6.32. The van der Waals surface area contributed by atoms with Crippen LogP contribution in [0.4, 0.5) is 0 Å². The molecule has 0 fully saturated rings. The number of hydrogen-bond donors (Lipinski definition) is 1. The van der Waals surface area contributed by atoms with E-state index in [0.717, 1.165) is 18.7 Å². The van der Waals surface area contributed by atoms with Gasteiger partial charge in [0.1, 0.15) is 0 Å². The van der Waals surface area contributed by atoms with E-state index in [1.807, 2.05) is 0 Å². The fourth-order valence-electron chi connectivity index (χ4n) is 1.72. The first-order chi connectivity index (χ1) is 9.26. The molecule has 0 bridgehead atoms. The quantitative estimate of drug-likeness (QED) is 0.850. The minimum absolute atomic E-state index is 0.543. The second-order valence-electron chi connectivity index (χ2n) is 4.09. The molecule has 0 amide bonds. The average Bonchev–Trinajstić information content (AvgIpc) is 2.88. The van der Waals surface area contributed by atoms with Crippen LogP contribution in [-0.2, 0) is 6.54 Å². The Morgan fingerprint density at radius 1 is 1.47 bits per heavy atom. The van der Waals surface area contributed by atoms with Crippen molar-refractivity contribution < 1.29 is 0 Å². The highest BCUT2D eigenvalue weighted by Crippen LogP contribution is 2.22. The Labute approximate surface area is 116 Å². The van der Waals surface area contributed by atoms with E-state index in [-0.39, 0.29) is 0 Å². The monoisotopic (exact) mass is 275 g/mol. The van der Waals surface area contributed by atoms with E-state index in [1.165, 1.54) is 0 Å². The number of nitrogens with one attached hydrogen (secondary N) is 1. The van der Waals surface area contributed by atoms with Gasteiger partial charge in [0.05, 0.1) is 34.2 Å². The molecule has 0 aliphatic rings. The van der Waals surface area contributed by atoms with E-state index < -0.39 is 0 Å². The first-order valence-electron chi connectivity index (χ1n) is 6.06. The summed E-state index contributed by atoms with van der Waals surface area (Å²) < 4.78 is 1.66. The SMILES string of the molecule is CCCNCc1cnnn1-c1cc(C#N)ccc1Cl. The molecule has 0 saturated carbocycles. The van der Waals surface area contributed by atoms with Crippen LogP contribution in [0.25, 0.3) is 5.69 Å². The van der Waals surface area contributed by atoms with Crippen molar-refractivity contribution in [3.63, 3.8) is 0 Å². The summed E-state index contributed by atoms with van der Waals surface area (Å²) in [6.45, 7) is 3.70. The molecule has 6 heteroatoms. The third-order valence-electron chi connectivity index (χ3n) is 2.66. The second-order valence-corrected chi connectivity index (χ2v) is 4.50. The molecule has 0 unspecified atom stereocenters. The predicted molar refractivity (Wildman–Crippen MR) is 73.1 cm³/mol. The zero-order valence-corrected chi connectivity index (χ0v) is 11.4. The molecule has 1 heterocycles. The van der Waals surface area contributed by atoms with Gasteiger partial charge in [-0.3, -0.25) is 0 Å². The highest BCUT2D eigenvalue weighted by atomic mass is 35.5. The normalized spacial score (nSPS) is 10.4. The van der Waals surface area contributed by atoms with Crippen molar-refractivity contribution in [2.24, 2.45) is 0 Å². The van der Waals surface area contributed by atoms with Gasteiger partial charge in [0.15, 0.2) is 0 Å². The van der Waals surface area contributed by atoms with Gasteiger partial charge in [-0.1, -0.05) is 23.7 Å². The minimum Gasteiger partial charge on any atom is -0.311 e. The van der Waals surface area contributed by atoms with Crippen molar-refractivity contribution >= 4 is 11.6 Å². The van der Waals surface area contributed by atoms with Crippen molar-refractivity contribution in [1.82, 2.24) is 20.3 Å². The standard InChI is InChI=1S/C13H14ClN5/c1-2-5-16-8-11-9-17-18-19(11)13-6-10(7-15)3-4-12(13)14/h3-4,6,9,16H,2,5,8H2,1H3. The molecule has 1 aromatic carbocycles. The summed E-state index contributed by atoms with van der Waals surface area (Å²) >= 11 is 6.16. The van der Waals surface area contributed by atoms with E-state index in [0.29, 0.717) is 22.8 Å². The van der Waals surface area contributed by atoms with Crippen LogP contribution in [0.1, 0.15) is 24.6 Å². The molecule has 19 heavy (non-hydrogen) atoms. The Morgan fingerprint density at radius 2 is 2.32 bits per heavy atom. The van der Waals surface area contributed by atoms with Gasteiger partial charge in [-0.15, -0.1) is 5.10 Å². The van der Waals surface area contributed by atoms with Crippen LogP contribution >= 0.6 is 11.6 Å². The zero-order chi connectivity index (χ0) is 13.7. The fourth-order valence-corrected chi connectivity index (χ4v) is 1.92. The van der Waals surface area contributed by atoms with E-state index in [2.05, 4.69) is 28.6 Å². The summed E-state index contributed by atoms with van der Waals surface area (Å²) in [5.74, 6) is 0. The Balaban J connectivity index is 2.32. The van der Waals surface area contributed by atoms with E-state index in [4.69, 9.17) is 16.9 Å². The smallest absolute Gasteiger partial charge is 0.0992 e. The van der Waals surface area contributed by atoms with Crippen molar-refractivity contribution in [2.45, 2.75) is 19.9 Å². The summed E-state index contributed by atoms with van der Waals surface area (Å²) in [7, 11) is 0. The molecule has 0 radical (unpaired) electrons. The molecule has 98 valence electrons. The van der Waals surface area contributed by atoms with Crippen LogP contribution < -0.4 is 5.32 Å². The number of hydrogen-bond acceptors (Lipinski definition) is 4. The summed E-state index contributed by atoms with van der Waals surface area (Å²) in [6, 6.07) is 7.17. The van der Waals surface area contributed by atoms with Crippen LogP contribution in [0.15, 0.2) is 24.4 Å². The minimum atomic E-state index is 0.543. The fraction of sp³-hybridized carbons (Fsp3) is 0.308. The van der Waals surface area contributed by atoms with Gasteiger partial charge < -0.3 is 5.32 Å². The van der Waals surface area contributed by atoms with Gasteiger partial charge in [-0.05, 0) is 31.2 Å². The molecular formula is C13H14ClN5. The number of halogens is 1. The third-order valence-corrected chi connectivity index (χ3v) is 2.98. The maximum absolute atomic E-state index is 8.94. The van der Waals surface area contributed by atoms with Gasteiger partial charge in [-0.25, -0.2) is 4.68 Å². The molecule has 2 aromatic rings. The molecule has 0 atom stereocenters. The Kier molecular flexibility index (Phi) is 4.50. The molecule has 2 rings (SSSR count). The third kappa shape index (κ3) is 3.11. The maximum atomic E-state index is 8.94. The zero-order valence-electron chi connectivity index (χ0n) is 10.6. The molecule has 0 aliphatic carbocycles. The maximum Gasteiger partial charge on any atom is 0.0992 e. The lowest BCUT2D eigenvalue weighted by molar-refractivity contribution is 0.641. The summed E-state index contributed by atoms with van der Waals surface area (Å²) in [5.41, 5.74) is 2.12. The Hall–Kier alpha value is -1.90. The Morgan fingerprint density at radius 3 is 3.05 bits per heavy atom. The Bertz CT molecular complexity index is 599. The van der Waals surface area contributed by atoms with Crippen molar-refractivity contribution in [3.8, 4) is 11.8 Å². The largest absolute Gasteiger partial charge is 0.311 e. The molecule has 0 spiro atoms. The average molecular weight is 276 g/mol. The lowest BCUT2D eigenvalue weighted by Gasteiger charge is -2.09. The van der Waals surface area contributed by atoms with Gasteiger partial charge in [0.2, 0.25) is 0 Å². The van der Waals surface area contributed by atoms with Gasteiger partial charge in [-0.2, -0.15) is 5.26 Å². The van der Waals surface area contributed by atoms with Gasteiger partial charge in [0.25, 0.3) is 0 Å². The predicted octanol–water partition coefficient (Wildman–Crippen LogP) is 2.29. The number of aromatic nitrogens is 3. The lowest BCUT2D eigenvalue weighted by Crippen LogP contribution is -2.17. The molecule has 1 aromatic heterocycles. The van der Waals surface area contributed by atoms with Crippen LogP contribution in [-0.4, -0.2) is 21.5 Å². The number of nitriles is 1. The van der Waals surface area contributed by atoms with Crippen LogP contribution in [0.2, 0.25) is 5.02 Å².